The Morgan fingerprint density at radius 1 is 0.842 bits per heavy atom. The molecule has 5 heteroatoms. The van der Waals surface area contributed by atoms with Gasteiger partial charge in [-0.25, -0.2) is 9.59 Å². The molecule has 0 saturated heterocycles. The van der Waals surface area contributed by atoms with Gasteiger partial charge in [0.1, 0.15) is 0 Å². The van der Waals surface area contributed by atoms with Crippen molar-refractivity contribution in [2.45, 2.75) is 0 Å². The van der Waals surface area contributed by atoms with E-state index in [0.717, 1.165) is 0 Å². The number of rotatable bonds is 2. The molecule has 0 aromatic carbocycles. The zero-order chi connectivity index (χ0) is 13.7. The standard InChI is InChI=1S/2C7H6O2.Zn/c2*1-5-3-2-4-6(5)7(8)9;/h2*2-4H,1H2,(H,8,9);. The van der Waals surface area contributed by atoms with E-state index >= 15 is 0 Å². The van der Waals surface area contributed by atoms with Crippen LogP contribution in [0.5, 0.6) is 0 Å². The SMILES string of the molecule is C=C1C=CC=C1C(=O)O.C=C1C=CC=C1C(=O)O.[Zn]. The third-order valence-corrected chi connectivity index (χ3v) is 2.27. The first-order valence-electron chi connectivity index (χ1n) is 5.05. The van der Waals surface area contributed by atoms with Crippen LogP contribution < -0.4 is 0 Å². The van der Waals surface area contributed by atoms with E-state index in [4.69, 9.17) is 10.2 Å². The van der Waals surface area contributed by atoms with Crippen LogP contribution in [0.2, 0.25) is 0 Å². The van der Waals surface area contributed by atoms with Crippen LogP contribution in [0.25, 0.3) is 0 Å². The third kappa shape index (κ3) is 4.64. The predicted molar refractivity (Wildman–Crippen MR) is 68.0 cm³/mol. The summed E-state index contributed by atoms with van der Waals surface area (Å²) in [4.78, 5) is 20.5. The molecule has 0 spiro atoms. The molecule has 0 aliphatic heterocycles. The van der Waals surface area contributed by atoms with Gasteiger partial charge in [-0.1, -0.05) is 37.5 Å². The van der Waals surface area contributed by atoms with Crippen molar-refractivity contribution in [1.29, 1.82) is 0 Å². The van der Waals surface area contributed by atoms with Crippen LogP contribution in [-0.2, 0) is 29.1 Å². The molecule has 0 atom stereocenters. The number of hydrogen-bond donors (Lipinski definition) is 2. The Bertz CT molecular complexity index is 498. The van der Waals surface area contributed by atoms with Gasteiger partial charge in [-0.3, -0.25) is 0 Å². The van der Waals surface area contributed by atoms with Gasteiger partial charge in [-0.15, -0.1) is 0 Å². The zero-order valence-electron chi connectivity index (χ0n) is 10.3. The number of carboxylic acid groups (broad SMARTS) is 2. The number of hydrogen-bond acceptors (Lipinski definition) is 2. The van der Waals surface area contributed by atoms with Gasteiger partial charge in [-0.05, 0) is 23.3 Å². The van der Waals surface area contributed by atoms with Gasteiger partial charge >= 0.3 is 11.9 Å². The quantitative estimate of drug-likeness (QED) is 0.767. The summed E-state index contributed by atoms with van der Waals surface area (Å²) in [6.07, 6.45) is 9.75. The molecule has 0 fully saturated rings. The van der Waals surface area contributed by atoms with Gasteiger partial charge in [0.05, 0.1) is 11.1 Å². The van der Waals surface area contributed by atoms with Gasteiger partial charge in [0.25, 0.3) is 0 Å². The van der Waals surface area contributed by atoms with Crippen LogP contribution >= 0.6 is 0 Å². The molecule has 0 saturated carbocycles. The maximum absolute atomic E-state index is 10.2. The van der Waals surface area contributed by atoms with Crippen LogP contribution in [0.15, 0.2) is 71.9 Å². The van der Waals surface area contributed by atoms with Crippen molar-refractivity contribution in [2.24, 2.45) is 0 Å². The largest absolute Gasteiger partial charge is 0.478 e. The van der Waals surface area contributed by atoms with Crippen molar-refractivity contribution in [3.05, 3.63) is 71.9 Å². The molecule has 2 aliphatic carbocycles. The van der Waals surface area contributed by atoms with Crippen molar-refractivity contribution >= 4 is 11.9 Å². The molecule has 0 bridgehead atoms. The van der Waals surface area contributed by atoms with E-state index in [0.29, 0.717) is 11.1 Å². The Kier molecular flexibility index (Phi) is 6.66. The first-order chi connectivity index (χ1) is 8.43. The molecule has 19 heavy (non-hydrogen) atoms. The molecule has 94 valence electrons. The Hall–Kier alpha value is -2.00. The minimum absolute atomic E-state index is 0. The Labute approximate surface area is 123 Å². The van der Waals surface area contributed by atoms with Gasteiger partial charge in [0.2, 0.25) is 0 Å². The van der Waals surface area contributed by atoms with Crippen molar-refractivity contribution in [1.82, 2.24) is 0 Å². The molecular formula is C14H12O4Zn. The van der Waals surface area contributed by atoms with Gasteiger partial charge in [0, 0.05) is 19.5 Å². The van der Waals surface area contributed by atoms with Crippen LogP contribution in [0.3, 0.4) is 0 Å². The average Bonchev–Trinajstić information content (AvgIpc) is 2.87. The van der Waals surface area contributed by atoms with Crippen LogP contribution in [0.4, 0.5) is 0 Å². The third-order valence-electron chi connectivity index (χ3n) is 2.27. The molecule has 0 amide bonds. The second-order valence-electron chi connectivity index (χ2n) is 3.54. The molecule has 0 aromatic heterocycles. The molecule has 0 radical (unpaired) electrons. The Balaban J connectivity index is 0.000000324. The smallest absolute Gasteiger partial charge is 0.336 e. The summed E-state index contributed by atoms with van der Waals surface area (Å²) >= 11 is 0. The molecule has 0 heterocycles. The van der Waals surface area contributed by atoms with Crippen LogP contribution in [0.1, 0.15) is 0 Å². The molecule has 2 N–H and O–H groups in total. The summed E-state index contributed by atoms with van der Waals surface area (Å²) < 4.78 is 0. The van der Waals surface area contributed by atoms with Crippen molar-refractivity contribution in [3.63, 3.8) is 0 Å². The first kappa shape index (κ1) is 17.0. The fourth-order valence-electron chi connectivity index (χ4n) is 1.33. The maximum atomic E-state index is 10.2. The molecule has 2 rings (SSSR count). The van der Waals surface area contributed by atoms with Gasteiger partial charge in [0.15, 0.2) is 0 Å². The van der Waals surface area contributed by atoms with E-state index < -0.39 is 11.9 Å². The van der Waals surface area contributed by atoms with Gasteiger partial charge in [-0.2, -0.15) is 0 Å². The van der Waals surface area contributed by atoms with Crippen molar-refractivity contribution in [2.75, 3.05) is 0 Å². The number of aliphatic carboxylic acids is 2. The number of carbonyl (C=O) groups is 2. The fraction of sp³-hybridized carbons (Fsp3) is 0. The van der Waals surface area contributed by atoms with Gasteiger partial charge < -0.3 is 10.2 Å². The first-order valence-corrected chi connectivity index (χ1v) is 5.05. The summed E-state index contributed by atoms with van der Waals surface area (Å²) in [6.45, 7) is 7.04. The molecule has 0 unspecified atom stereocenters. The van der Waals surface area contributed by atoms with E-state index in [9.17, 15) is 9.59 Å². The van der Waals surface area contributed by atoms with E-state index in [1.165, 1.54) is 12.2 Å². The Morgan fingerprint density at radius 2 is 1.16 bits per heavy atom. The monoisotopic (exact) mass is 308 g/mol. The molecule has 4 nitrogen and oxygen atoms in total. The molecular weight excluding hydrogens is 298 g/mol. The summed E-state index contributed by atoms with van der Waals surface area (Å²) in [5.74, 6) is -1.82. The van der Waals surface area contributed by atoms with Crippen molar-refractivity contribution < 1.29 is 39.3 Å². The van der Waals surface area contributed by atoms with E-state index in [-0.39, 0.29) is 30.6 Å². The second kappa shape index (κ2) is 7.44. The van der Waals surface area contributed by atoms with Crippen LogP contribution in [-0.4, -0.2) is 22.2 Å². The second-order valence-corrected chi connectivity index (χ2v) is 3.54. The number of carboxylic acids is 2. The number of allylic oxidation sites excluding steroid dienone is 6. The summed E-state index contributed by atoms with van der Waals surface area (Å²) in [6, 6.07) is 0. The maximum Gasteiger partial charge on any atom is 0.336 e. The molecule has 0 aromatic rings. The van der Waals surface area contributed by atoms with Crippen molar-refractivity contribution in [3.8, 4) is 0 Å². The summed E-state index contributed by atoms with van der Waals surface area (Å²) in [7, 11) is 0. The van der Waals surface area contributed by atoms with E-state index in [2.05, 4.69) is 13.2 Å². The summed E-state index contributed by atoms with van der Waals surface area (Å²) in [5.41, 5.74) is 1.72. The van der Waals surface area contributed by atoms with E-state index in [1.54, 1.807) is 24.3 Å². The van der Waals surface area contributed by atoms with E-state index in [1.807, 2.05) is 0 Å². The average molecular weight is 310 g/mol. The summed E-state index contributed by atoms with van der Waals surface area (Å²) in [5, 5.41) is 16.8. The predicted octanol–water partition coefficient (Wildman–Crippen LogP) is 2.24. The Morgan fingerprint density at radius 3 is 1.26 bits per heavy atom. The normalized spacial score (nSPS) is 15.2. The zero-order valence-corrected chi connectivity index (χ0v) is 13.3. The minimum atomic E-state index is -0.912. The van der Waals surface area contributed by atoms with Crippen LogP contribution in [0, 0.1) is 0 Å². The topological polar surface area (TPSA) is 74.6 Å². The fourth-order valence-corrected chi connectivity index (χ4v) is 1.33. The minimum Gasteiger partial charge on any atom is -0.478 e. The molecule has 2 aliphatic rings.